The van der Waals surface area contributed by atoms with Gasteiger partial charge in [-0.3, -0.25) is 14.6 Å². The number of carbonyl (C=O) groups is 3. The third kappa shape index (κ3) is 9.20. The number of carboxylic acids is 1. The number of aliphatic hydroxyl groups is 1. The molecule has 0 heterocycles. The number of hydrogen-bond donors (Lipinski definition) is 7. The lowest BCUT2D eigenvalue weighted by molar-refractivity contribution is -0.144. The van der Waals surface area contributed by atoms with E-state index < -0.39 is 42.0 Å². The number of aliphatic carboxylic acids is 1. The highest BCUT2D eigenvalue weighted by molar-refractivity contribution is 5.92. The lowest BCUT2D eigenvalue weighted by atomic mass is 9.98. The molecule has 2 amide bonds. The molecule has 156 valence electrons. The molecule has 0 saturated carbocycles. The van der Waals surface area contributed by atoms with Crippen molar-refractivity contribution in [2.24, 2.45) is 28.1 Å². The maximum Gasteiger partial charge on any atom is 0.326 e. The summed E-state index contributed by atoms with van der Waals surface area (Å²) < 4.78 is 0. The van der Waals surface area contributed by atoms with Gasteiger partial charge in [-0.05, 0) is 25.7 Å². The molecule has 0 aliphatic carbocycles. The fourth-order valence-corrected chi connectivity index (χ4v) is 2.24. The molecule has 0 aliphatic rings. The Kier molecular flexibility index (Phi) is 11.0. The van der Waals surface area contributed by atoms with Crippen LogP contribution in [0.2, 0.25) is 0 Å². The Bertz CT molecular complexity index is 535. The number of nitrogens with zero attached hydrogens (tertiary/aromatic N) is 1. The van der Waals surface area contributed by atoms with E-state index in [2.05, 4.69) is 15.6 Å². The smallest absolute Gasteiger partial charge is 0.326 e. The fourth-order valence-electron chi connectivity index (χ4n) is 2.24. The van der Waals surface area contributed by atoms with E-state index in [0.717, 1.165) is 0 Å². The van der Waals surface area contributed by atoms with Gasteiger partial charge in [-0.1, -0.05) is 20.3 Å². The number of hydrogen-bond acceptors (Lipinski definition) is 6. The van der Waals surface area contributed by atoms with Crippen molar-refractivity contribution in [2.45, 2.75) is 64.3 Å². The quantitative estimate of drug-likeness (QED) is 0.111. The maximum atomic E-state index is 12.4. The van der Waals surface area contributed by atoms with Crippen molar-refractivity contribution in [1.82, 2.24) is 10.6 Å². The van der Waals surface area contributed by atoms with E-state index in [1.807, 2.05) is 0 Å². The Morgan fingerprint density at radius 3 is 2.07 bits per heavy atom. The van der Waals surface area contributed by atoms with Crippen molar-refractivity contribution in [3.63, 3.8) is 0 Å². The summed E-state index contributed by atoms with van der Waals surface area (Å²) in [4.78, 5) is 39.7. The highest BCUT2D eigenvalue weighted by Crippen LogP contribution is 2.09. The van der Waals surface area contributed by atoms with Gasteiger partial charge in [0.1, 0.15) is 12.1 Å². The van der Waals surface area contributed by atoms with Gasteiger partial charge >= 0.3 is 5.97 Å². The minimum atomic E-state index is -1.33. The molecule has 0 unspecified atom stereocenters. The monoisotopic (exact) mass is 388 g/mol. The molecule has 0 rings (SSSR count). The molecule has 11 heteroatoms. The standard InChI is InChI=1S/C16H32N6O5/c1-4-8(2)11(15(26)27)21-14(25)12(9(3)23)22-13(24)10(17)6-5-7-20-16(18)19/h8-12,23H,4-7,17H2,1-3H3,(H,21,25)(H,22,24)(H,26,27)(H4,18,19,20)/t8-,9+,10-,11-,12-/m0/s1. The van der Waals surface area contributed by atoms with Gasteiger partial charge in [0.25, 0.3) is 0 Å². The van der Waals surface area contributed by atoms with E-state index in [0.29, 0.717) is 19.4 Å². The largest absolute Gasteiger partial charge is 0.480 e. The minimum Gasteiger partial charge on any atom is -0.480 e. The van der Waals surface area contributed by atoms with E-state index in [1.54, 1.807) is 13.8 Å². The van der Waals surface area contributed by atoms with Crippen LogP contribution in [0.4, 0.5) is 0 Å². The Morgan fingerprint density at radius 1 is 1.07 bits per heavy atom. The highest BCUT2D eigenvalue weighted by Gasteiger charge is 2.32. The van der Waals surface area contributed by atoms with E-state index >= 15 is 0 Å². The number of aliphatic imine (C=N–C) groups is 1. The number of guanidine groups is 1. The SMILES string of the molecule is CC[C@H](C)[C@H](NC(=O)[C@@H](NC(=O)[C@@H](N)CCCN=C(N)N)[C@@H](C)O)C(=O)O. The summed E-state index contributed by atoms with van der Waals surface area (Å²) in [5, 5.41) is 23.8. The minimum absolute atomic E-state index is 0.0619. The predicted molar refractivity (Wildman–Crippen MR) is 101 cm³/mol. The molecule has 27 heavy (non-hydrogen) atoms. The van der Waals surface area contributed by atoms with Gasteiger partial charge in [0, 0.05) is 6.54 Å². The summed E-state index contributed by atoms with van der Waals surface area (Å²) in [7, 11) is 0. The third-order valence-electron chi connectivity index (χ3n) is 4.14. The number of rotatable bonds is 12. The summed E-state index contributed by atoms with van der Waals surface area (Å²) in [6.07, 6.45) is 0.00664. The van der Waals surface area contributed by atoms with E-state index in [1.165, 1.54) is 6.92 Å². The van der Waals surface area contributed by atoms with Crippen molar-refractivity contribution in [1.29, 1.82) is 0 Å². The molecule has 10 N–H and O–H groups in total. The Morgan fingerprint density at radius 2 is 1.63 bits per heavy atom. The third-order valence-corrected chi connectivity index (χ3v) is 4.14. The number of nitrogens with two attached hydrogens (primary N) is 3. The second-order valence-electron chi connectivity index (χ2n) is 6.49. The topological polar surface area (TPSA) is 206 Å². The van der Waals surface area contributed by atoms with Crippen LogP contribution in [0.3, 0.4) is 0 Å². The van der Waals surface area contributed by atoms with Crippen molar-refractivity contribution in [2.75, 3.05) is 6.54 Å². The van der Waals surface area contributed by atoms with Crippen LogP contribution < -0.4 is 27.8 Å². The van der Waals surface area contributed by atoms with Gasteiger partial charge in [0.2, 0.25) is 11.8 Å². The zero-order valence-electron chi connectivity index (χ0n) is 16.0. The van der Waals surface area contributed by atoms with Crippen LogP contribution in [0.15, 0.2) is 4.99 Å². The summed E-state index contributed by atoms with van der Waals surface area (Å²) in [6, 6.07) is -3.39. The van der Waals surface area contributed by atoms with Crippen LogP contribution in [0.1, 0.15) is 40.0 Å². The van der Waals surface area contributed by atoms with Crippen molar-refractivity contribution >= 4 is 23.7 Å². The molecule has 0 spiro atoms. The zero-order chi connectivity index (χ0) is 21.1. The maximum absolute atomic E-state index is 12.4. The van der Waals surface area contributed by atoms with E-state index in [4.69, 9.17) is 17.2 Å². The van der Waals surface area contributed by atoms with Gasteiger partial charge in [-0.15, -0.1) is 0 Å². The lowest BCUT2D eigenvalue weighted by Gasteiger charge is -2.26. The number of amides is 2. The summed E-state index contributed by atoms with van der Waals surface area (Å²) in [6.45, 7) is 5.09. The highest BCUT2D eigenvalue weighted by atomic mass is 16.4. The van der Waals surface area contributed by atoms with Gasteiger partial charge in [0.05, 0.1) is 12.1 Å². The van der Waals surface area contributed by atoms with Crippen LogP contribution in [0.25, 0.3) is 0 Å². The molecule has 0 aromatic rings. The predicted octanol–water partition coefficient (Wildman–Crippen LogP) is -2.15. The fraction of sp³-hybridized carbons (Fsp3) is 0.750. The number of aliphatic hydroxyl groups excluding tert-OH is 1. The van der Waals surface area contributed by atoms with E-state index in [-0.39, 0.29) is 18.3 Å². The van der Waals surface area contributed by atoms with Gasteiger partial charge in [-0.25, -0.2) is 4.79 Å². The van der Waals surface area contributed by atoms with Crippen molar-refractivity contribution in [3.05, 3.63) is 0 Å². The summed E-state index contributed by atoms with van der Waals surface area (Å²) in [5.41, 5.74) is 16.2. The molecular weight excluding hydrogens is 356 g/mol. The molecule has 5 atom stereocenters. The molecule has 0 saturated heterocycles. The van der Waals surface area contributed by atoms with Crippen molar-refractivity contribution < 1.29 is 24.6 Å². The average Bonchev–Trinajstić information content (AvgIpc) is 2.58. The summed E-state index contributed by atoms with van der Waals surface area (Å²) in [5.74, 6) is -3.01. The first kappa shape index (κ1) is 24.6. The Balaban J connectivity index is 4.86. The first-order chi connectivity index (χ1) is 12.5. The lowest BCUT2D eigenvalue weighted by Crippen LogP contribution is -2.59. The summed E-state index contributed by atoms with van der Waals surface area (Å²) >= 11 is 0. The molecule has 0 aromatic heterocycles. The first-order valence-electron chi connectivity index (χ1n) is 8.83. The number of carboxylic acid groups (broad SMARTS) is 1. The van der Waals surface area contributed by atoms with Crippen LogP contribution in [-0.2, 0) is 14.4 Å². The molecule has 0 aromatic carbocycles. The van der Waals surface area contributed by atoms with Crippen LogP contribution in [0, 0.1) is 5.92 Å². The zero-order valence-corrected chi connectivity index (χ0v) is 16.0. The molecule has 0 aliphatic heterocycles. The Labute approximate surface area is 158 Å². The van der Waals surface area contributed by atoms with Gasteiger partial charge in [0.15, 0.2) is 5.96 Å². The molecule has 0 fully saturated rings. The van der Waals surface area contributed by atoms with Crippen LogP contribution in [-0.4, -0.2) is 64.7 Å². The molecule has 0 radical (unpaired) electrons. The van der Waals surface area contributed by atoms with Crippen molar-refractivity contribution in [3.8, 4) is 0 Å². The second kappa shape index (κ2) is 12.1. The number of nitrogens with one attached hydrogen (secondary N) is 2. The van der Waals surface area contributed by atoms with Gasteiger partial charge in [-0.2, -0.15) is 0 Å². The molecular formula is C16H32N6O5. The first-order valence-corrected chi connectivity index (χ1v) is 8.83. The van der Waals surface area contributed by atoms with Gasteiger partial charge < -0.3 is 38.0 Å². The normalized spacial score (nSPS) is 16.3. The second-order valence-corrected chi connectivity index (χ2v) is 6.49. The number of carbonyl (C=O) groups excluding carboxylic acids is 2. The van der Waals surface area contributed by atoms with E-state index in [9.17, 15) is 24.6 Å². The van der Waals surface area contributed by atoms with Crippen LogP contribution >= 0.6 is 0 Å². The molecule has 11 nitrogen and oxygen atoms in total. The average molecular weight is 388 g/mol. The molecule has 0 bridgehead atoms. The Hall–Kier alpha value is -2.40. The van der Waals surface area contributed by atoms with Crippen LogP contribution in [0.5, 0.6) is 0 Å².